The first kappa shape index (κ1) is 44.5. The molecule has 5 rings (SSSR count). The van der Waals surface area contributed by atoms with Crippen LogP contribution in [-0.2, 0) is 65.5 Å². The molecule has 15 nitrogen and oxygen atoms in total. The van der Waals surface area contributed by atoms with Crippen molar-refractivity contribution in [2.24, 2.45) is 5.92 Å². The van der Waals surface area contributed by atoms with Crippen LogP contribution >= 0.6 is 24.0 Å². The van der Waals surface area contributed by atoms with Gasteiger partial charge in [0.05, 0.1) is 23.8 Å². The number of ether oxygens (including phenoxy) is 7. The molecule has 1 unspecified atom stereocenters. The van der Waals surface area contributed by atoms with Crippen molar-refractivity contribution in [2.75, 3.05) is 12.4 Å². The molecule has 9 atom stereocenters. The zero-order valence-corrected chi connectivity index (χ0v) is 34.4. The van der Waals surface area contributed by atoms with E-state index in [0.29, 0.717) is 22.3 Å². The Hall–Kier alpha value is -4.65. The van der Waals surface area contributed by atoms with Crippen LogP contribution in [0.2, 0.25) is 0 Å². The molecule has 2 saturated heterocycles. The van der Waals surface area contributed by atoms with Gasteiger partial charge in [-0.05, 0) is 22.8 Å². The lowest BCUT2D eigenvalue weighted by molar-refractivity contribution is -0.645. The van der Waals surface area contributed by atoms with Gasteiger partial charge in [0.1, 0.15) is 18.8 Å². The van der Waals surface area contributed by atoms with E-state index in [4.69, 9.17) is 45.4 Å². The number of carbonyl (C=O) groups is 4. The number of nitrogens with zero attached hydrogens (tertiary/aromatic N) is 1. The molecule has 58 heavy (non-hydrogen) atoms. The van der Waals surface area contributed by atoms with Crippen LogP contribution in [0.4, 0.5) is 0 Å². The largest absolute Gasteiger partial charge is 0.618 e. The number of benzene rings is 2. The molecule has 2 aliphatic rings. The van der Waals surface area contributed by atoms with Gasteiger partial charge in [0.15, 0.2) is 30.8 Å². The van der Waals surface area contributed by atoms with Crippen LogP contribution in [0.3, 0.4) is 0 Å². The minimum absolute atomic E-state index is 0.00380. The molecular weight excluding hydrogens is 793 g/mol. The van der Waals surface area contributed by atoms with Crippen LogP contribution in [-0.4, -0.2) is 83.0 Å². The zero-order valence-electron chi connectivity index (χ0n) is 32.8. The van der Waals surface area contributed by atoms with Gasteiger partial charge in [-0.2, -0.15) is 4.73 Å². The molecule has 2 N–H and O–H groups in total. The highest BCUT2D eigenvalue weighted by molar-refractivity contribution is 7.99. The molecule has 2 aliphatic heterocycles. The molecule has 17 heteroatoms. The molecule has 3 aromatic rings. The molecule has 2 aromatic carbocycles. The first-order valence-electron chi connectivity index (χ1n) is 18.7. The average molecular weight is 841 g/mol. The van der Waals surface area contributed by atoms with Crippen LogP contribution in [0.1, 0.15) is 75.7 Å². The summed E-state index contributed by atoms with van der Waals surface area (Å²) in [5.41, 5.74) is 3.38. The van der Waals surface area contributed by atoms with Crippen molar-refractivity contribution in [1.29, 1.82) is 0 Å². The first-order chi connectivity index (χ1) is 27.7. The van der Waals surface area contributed by atoms with Gasteiger partial charge < -0.3 is 48.8 Å². The van der Waals surface area contributed by atoms with Crippen molar-refractivity contribution in [3.8, 4) is 0 Å². The number of esters is 4. The Morgan fingerprint density at radius 1 is 0.776 bits per heavy atom. The molecule has 312 valence electrons. The van der Waals surface area contributed by atoms with Crippen molar-refractivity contribution in [1.82, 2.24) is 5.32 Å². The number of carbonyl (C=O) groups excluding carboxylic acids is 4. The second-order valence-electron chi connectivity index (χ2n) is 14.0. The third-order valence-electron chi connectivity index (χ3n) is 9.52. The Kier molecular flexibility index (Phi) is 16.0. The summed E-state index contributed by atoms with van der Waals surface area (Å²) >= 11 is 7.09. The van der Waals surface area contributed by atoms with E-state index < -0.39 is 60.7 Å². The number of nitrogens with one attached hydrogen (secondary N) is 1. The van der Waals surface area contributed by atoms with Gasteiger partial charge in [0, 0.05) is 70.0 Å². The van der Waals surface area contributed by atoms with E-state index in [1.165, 1.54) is 31.8 Å². The Morgan fingerprint density at radius 3 is 1.98 bits per heavy atom. The average Bonchev–Trinajstić information content (AvgIpc) is 3.18. The fourth-order valence-corrected chi connectivity index (χ4v) is 8.05. The number of aromatic nitrogens is 1. The molecule has 1 aromatic heterocycles. The fraction of sp³-hybridized carbons (Fsp3) is 0.463. The highest BCUT2D eigenvalue weighted by atomic mass is 32.2. The minimum atomic E-state index is -1.29. The zero-order chi connectivity index (χ0) is 41.9. The molecule has 2 fully saturated rings. The van der Waals surface area contributed by atoms with Gasteiger partial charge in [-0.15, -0.1) is 0 Å². The van der Waals surface area contributed by atoms with Crippen LogP contribution in [0, 0.1) is 11.1 Å². The number of aliphatic hydroxyl groups excluding tert-OH is 1. The Bertz CT molecular complexity index is 1900. The van der Waals surface area contributed by atoms with E-state index in [1.54, 1.807) is 12.1 Å². The van der Waals surface area contributed by atoms with Crippen molar-refractivity contribution in [3.05, 3.63) is 100 Å². The molecule has 0 bridgehead atoms. The van der Waals surface area contributed by atoms with E-state index >= 15 is 0 Å². The number of rotatable bonds is 15. The molecule has 3 heterocycles. The van der Waals surface area contributed by atoms with E-state index in [-0.39, 0.29) is 37.8 Å². The number of hydrogen-bond donors (Lipinski definition) is 2. The molecule has 0 spiro atoms. The third-order valence-corrected chi connectivity index (χ3v) is 10.9. The van der Waals surface area contributed by atoms with Gasteiger partial charge in [-0.3, -0.25) is 19.2 Å². The van der Waals surface area contributed by atoms with Gasteiger partial charge in [0.25, 0.3) is 5.03 Å². The summed E-state index contributed by atoms with van der Waals surface area (Å²) in [5, 5.41) is 25.7. The van der Waals surface area contributed by atoms with E-state index in [1.807, 2.05) is 54.6 Å². The first-order valence-corrected chi connectivity index (χ1v) is 20.1. The van der Waals surface area contributed by atoms with Gasteiger partial charge in [-0.25, -0.2) is 0 Å². The van der Waals surface area contributed by atoms with Gasteiger partial charge >= 0.3 is 23.9 Å². The molecule has 0 radical (unpaired) electrons. The number of thioether (sulfide) groups is 1. The molecule has 0 amide bonds. The Balaban J connectivity index is 1.28. The smallest absolute Gasteiger partial charge is 0.303 e. The predicted octanol–water partition coefficient (Wildman–Crippen LogP) is 4.33. The summed E-state index contributed by atoms with van der Waals surface area (Å²) in [6.07, 6.45) is -5.68. The minimum Gasteiger partial charge on any atom is -0.618 e. The molecule has 0 saturated carbocycles. The molecule has 0 aliphatic carbocycles. The number of hydrogen-bond acceptors (Lipinski definition) is 15. The van der Waals surface area contributed by atoms with E-state index in [9.17, 15) is 29.5 Å². The van der Waals surface area contributed by atoms with Crippen LogP contribution in [0.5, 0.6) is 0 Å². The van der Waals surface area contributed by atoms with E-state index in [0.717, 1.165) is 40.8 Å². The Morgan fingerprint density at radius 2 is 1.38 bits per heavy atom. The van der Waals surface area contributed by atoms with Crippen molar-refractivity contribution in [3.63, 3.8) is 0 Å². The van der Waals surface area contributed by atoms with Crippen LogP contribution in [0.25, 0.3) is 0 Å². The maximum Gasteiger partial charge on any atom is 0.303 e. The summed E-state index contributed by atoms with van der Waals surface area (Å²) in [7, 11) is 0. The summed E-state index contributed by atoms with van der Waals surface area (Å²) in [5.74, 6) is -2.30. The SMILES string of the molecule is CC(=O)OC[C@H]1O[C@@H](CC(=S)NCc2ccc(C3O[C@H](CSc4cccc[n+]4[O-])[C@H](C)[C@H](c4ccc(CO)cc4)O3)cc2)[C@H](OC(C)=O)[C@@H](OC(C)=O)[C@@H]1OC(C)=O. The summed E-state index contributed by atoms with van der Waals surface area (Å²) in [4.78, 5) is 48.5. The van der Waals surface area contributed by atoms with Crippen LogP contribution < -0.4 is 10.0 Å². The molecular formula is C41H48N2O13S2. The second-order valence-corrected chi connectivity index (χ2v) is 15.5. The van der Waals surface area contributed by atoms with Crippen LogP contribution in [0.15, 0.2) is 78.0 Å². The van der Waals surface area contributed by atoms with Crippen molar-refractivity contribution in [2.45, 2.75) is 108 Å². The lowest BCUT2D eigenvalue weighted by atomic mass is 9.91. The summed E-state index contributed by atoms with van der Waals surface area (Å²) in [6.45, 7) is 6.66. The predicted molar refractivity (Wildman–Crippen MR) is 212 cm³/mol. The lowest BCUT2D eigenvalue weighted by Crippen LogP contribution is -2.62. The summed E-state index contributed by atoms with van der Waals surface area (Å²) < 4.78 is 41.8. The second kappa shape index (κ2) is 20.9. The maximum absolute atomic E-state index is 12.4. The third kappa shape index (κ3) is 12.2. The van der Waals surface area contributed by atoms with Gasteiger partial charge in [0.2, 0.25) is 0 Å². The summed E-state index contributed by atoms with van der Waals surface area (Å²) in [6, 6.07) is 20.5. The van der Waals surface area contributed by atoms with Crippen molar-refractivity contribution < 1.29 is 62.2 Å². The number of thiocarbonyl (C=S) groups is 1. The monoisotopic (exact) mass is 840 g/mol. The lowest BCUT2D eigenvalue weighted by Gasteiger charge is -2.44. The number of aliphatic hydroxyl groups is 1. The highest BCUT2D eigenvalue weighted by Crippen LogP contribution is 2.43. The fourth-order valence-electron chi connectivity index (χ4n) is 6.73. The quantitative estimate of drug-likeness (QED) is 0.0549. The highest BCUT2D eigenvalue weighted by Gasteiger charge is 2.52. The van der Waals surface area contributed by atoms with E-state index in [2.05, 4.69) is 12.2 Å². The normalized spacial score (nSPS) is 25.5. The standard InChI is InChI=1S/C41H48N2O13S2/c1-23-34(22-58-36-8-6-7-17-43(36)49)55-41(56-37(23)30-13-11-29(20-44)12-14-30)31-15-9-28(10-16-31)19-42-35(57)18-32-38(51-25(3)46)40(53-27(5)48)39(52-26(4)47)33(54-32)21-50-24(2)45/h6-17,23,32-34,37-41,44H,18-22H2,1-5H3,(H,42,57)/t23-,32-,33+,34+,37+,38-,39+,40+,41?/m0/s1. The maximum atomic E-state index is 12.4. The van der Waals surface area contributed by atoms with Crippen molar-refractivity contribution >= 4 is 52.8 Å². The topological polar surface area (TPSA) is 192 Å². The Labute approximate surface area is 346 Å². The number of pyridine rings is 1. The van der Waals surface area contributed by atoms with Gasteiger partial charge in [-0.1, -0.05) is 79.4 Å².